The summed E-state index contributed by atoms with van der Waals surface area (Å²) in [4.78, 5) is 0. The van der Waals surface area contributed by atoms with Gasteiger partial charge in [0.05, 0.1) is 18.8 Å². The second kappa shape index (κ2) is 6.84. The Morgan fingerprint density at radius 2 is 2.00 bits per heavy atom. The molecule has 17 heavy (non-hydrogen) atoms. The van der Waals surface area contributed by atoms with Gasteiger partial charge in [-0.2, -0.15) is 0 Å². The fraction of sp³-hybridized carbons (Fsp3) is 0.538. The van der Waals surface area contributed by atoms with Crippen LogP contribution in [0.25, 0.3) is 0 Å². The molecule has 0 bridgehead atoms. The van der Waals surface area contributed by atoms with Crippen LogP contribution in [-0.2, 0) is 4.74 Å². The summed E-state index contributed by atoms with van der Waals surface area (Å²) >= 11 is 5.87. The van der Waals surface area contributed by atoms with E-state index in [2.05, 4.69) is 0 Å². The van der Waals surface area contributed by atoms with Crippen LogP contribution in [0.2, 0.25) is 5.02 Å². The summed E-state index contributed by atoms with van der Waals surface area (Å²) in [6.45, 7) is 6.37. The SMILES string of the molecule is CC(C)OCC(N)C(C)Oc1cccc(Cl)c1. The van der Waals surface area contributed by atoms with Crippen molar-refractivity contribution in [1.29, 1.82) is 0 Å². The first-order valence-corrected chi connectivity index (χ1v) is 6.16. The largest absolute Gasteiger partial charge is 0.489 e. The van der Waals surface area contributed by atoms with E-state index in [1.54, 1.807) is 12.1 Å². The Balaban J connectivity index is 2.45. The van der Waals surface area contributed by atoms with E-state index in [9.17, 15) is 0 Å². The Kier molecular flexibility index (Phi) is 5.75. The van der Waals surface area contributed by atoms with Gasteiger partial charge in [-0.1, -0.05) is 17.7 Å². The van der Waals surface area contributed by atoms with E-state index in [0.29, 0.717) is 11.6 Å². The smallest absolute Gasteiger partial charge is 0.121 e. The quantitative estimate of drug-likeness (QED) is 0.852. The summed E-state index contributed by atoms with van der Waals surface area (Å²) < 4.78 is 11.2. The van der Waals surface area contributed by atoms with Crippen molar-refractivity contribution in [3.8, 4) is 5.75 Å². The molecule has 0 fully saturated rings. The van der Waals surface area contributed by atoms with Crippen LogP contribution in [0.1, 0.15) is 20.8 Å². The van der Waals surface area contributed by atoms with Gasteiger partial charge in [-0.15, -0.1) is 0 Å². The Bertz CT molecular complexity index is 344. The summed E-state index contributed by atoms with van der Waals surface area (Å²) in [5, 5.41) is 0.654. The number of hydrogen-bond acceptors (Lipinski definition) is 3. The van der Waals surface area contributed by atoms with E-state index >= 15 is 0 Å². The van der Waals surface area contributed by atoms with Crippen LogP contribution in [0, 0.1) is 0 Å². The van der Waals surface area contributed by atoms with Crippen molar-refractivity contribution in [2.24, 2.45) is 5.73 Å². The fourth-order valence-corrected chi connectivity index (χ4v) is 1.46. The molecule has 0 radical (unpaired) electrons. The average molecular weight is 258 g/mol. The van der Waals surface area contributed by atoms with Gasteiger partial charge in [-0.05, 0) is 39.0 Å². The highest BCUT2D eigenvalue weighted by Crippen LogP contribution is 2.18. The lowest BCUT2D eigenvalue weighted by Crippen LogP contribution is -2.41. The third kappa shape index (κ3) is 5.39. The molecule has 0 spiro atoms. The minimum Gasteiger partial charge on any atom is -0.489 e. The van der Waals surface area contributed by atoms with Crippen molar-refractivity contribution in [2.45, 2.75) is 39.0 Å². The van der Waals surface area contributed by atoms with Gasteiger partial charge in [0, 0.05) is 5.02 Å². The summed E-state index contributed by atoms with van der Waals surface area (Å²) in [5.41, 5.74) is 5.97. The molecule has 1 aromatic carbocycles. The number of ether oxygens (including phenoxy) is 2. The summed E-state index contributed by atoms with van der Waals surface area (Å²) in [5.74, 6) is 0.727. The first-order chi connectivity index (χ1) is 7.99. The molecule has 0 aliphatic heterocycles. The van der Waals surface area contributed by atoms with E-state index in [1.807, 2.05) is 32.9 Å². The van der Waals surface area contributed by atoms with Gasteiger partial charge in [0.1, 0.15) is 11.9 Å². The van der Waals surface area contributed by atoms with Crippen molar-refractivity contribution in [2.75, 3.05) is 6.61 Å². The first-order valence-electron chi connectivity index (χ1n) is 5.78. The molecule has 0 amide bonds. The van der Waals surface area contributed by atoms with Crippen LogP contribution in [0.4, 0.5) is 0 Å². The molecular formula is C13H20ClNO2. The zero-order chi connectivity index (χ0) is 12.8. The van der Waals surface area contributed by atoms with Crippen molar-refractivity contribution in [3.63, 3.8) is 0 Å². The Labute approximate surface area is 108 Å². The predicted molar refractivity (Wildman–Crippen MR) is 70.6 cm³/mol. The zero-order valence-electron chi connectivity index (χ0n) is 10.5. The van der Waals surface area contributed by atoms with Crippen LogP contribution in [0.15, 0.2) is 24.3 Å². The summed E-state index contributed by atoms with van der Waals surface area (Å²) in [6.07, 6.45) is 0.0617. The molecule has 3 nitrogen and oxygen atoms in total. The number of halogens is 1. The van der Waals surface area contributed by atoms with Gasteiger partial charge in [0.2, 0.25) is 0 Å². The minimum absolute atomic E-state index is 0.118. The number of rotatable bonds is 6. The highest BCUT2D eigenvalue weighted by molar-refractivity contribution is 6.30. The monoisotopic (exact) mass is 257 g/mol. The second-order valence-corrected chi connectivity index (χ2v) is 4.76. The molecule has 1 rings (SSSR count). The molecule has 0 heterocycles. The lowest BCUT2D eigenvalue weighted by molar-refractivity contribution is 0.0427. The van der Waals surface area contributed by atoms with Crippen LogP contribution < -0.4 is 10.5 Å². The van der Waals surface area contributed by atoms with E-state index < -0.39 is 0 Å². The molecule has 96 valence electrons. The predicted octanol–water partition coefficient (Wildman–Crippen LogP) is 2.86. The molecule has 2 N–H and O–H groups in total. The van der Waals surface area contributed by atoms with Crippen LogP contribution in [0.3, 0.4) is 0 Å². The highest BCUT2D eigenvalue weighted by atomic mass is 35.5. The van der Waals surface area contributed by atoms with E-state index in [4.69, 9.17) is 26.8 Å². The Morgan fingerprint density at radius 1 is 1.29 bits per heavy atom. The molecule has 0 aliphatic rings. The van der Waals surface area contributed by atoms with Crippen molar-refractivity contribution < 1.29 is 9.47 Å². The van der Waals surface area contributed by atoms with Crippen molar-refractivity contribution in [1.82, 2.24) is 0 Å². The molecule has 4 heteroatoms. The maximum Gasteiger partial charge on any atom is 0.121 e. The standard InChI is InChI=1S/C13H20ClNO2/c1-9(2)16-8-13(15)10(3)17-12-6-4-5-11(14)7-12/h4-7,9-10,13H,8,15H2,1-3H3. The maximum atomic E-state index is 5.97. The lowest BCUT2D eigenvalue weighted by atomic mass is 10.2. The van der Waals surface area contributed by atoms with Crippen LogP contribution in [-0.4, -0.2) is 24.9 Å². The van der Waals surface area contributed by atoms with Crippen LogP contribution in [0.5, 0.6) is 5.75 Å². The Hall–Kier alpha value is -0.770. The van der Waals surface area contributed by atoms with Crippen molar-refractivity contribution >= 4 is 11.6 Å². The van der Waals surface area contributed by atoms with Crippen molar-refractivity contribution in [3.05, 3.63) is 29.3 Å². The van der Waals surface area contributed by atoms with Gasteiger partial charge in [-0.3, -0.25) is 0 Å². The first kappa shape index (κ1) is 14.3. The maximum absolute atomic E-state index is 5.97. The third-order valence-corrected chi connectivity index (χ3v) is 2.58. The van der Waals surface area contributed by atoms with Crippen LogP contribution >= 0.6 is 11.6 Å². The zero-order valence-corrected chi connectivity index (χ0v) is 11.3. The molecular weight excluding hydrogens is 238 g/mol. The third-order valence-electron chi connectivity index (χ3n) is 2.34. The molecule has 0 aliphatic carbocycles. The molecule has 0 aromatic heterocycles. The molecule has 2 atom stereocenters. The number of benzene rings is 1. The van der Waals surface area contributed by atoms with E-state index in [-0.39, 0.29) is 18.2 Å². The minimum atomic E-state index is -0.156. The fourth-order valence-electron chi connectivity index (χ4n) is 1.28. The number of hydrogen-bond donors (Lipinski definition) is 1. The lowest BCUT2D eigenvalue weighted by Gasteiger charge is -2.22. The molecule has 0 saturated carbocycles. The van der Waals surface area contributed by atoms with Gasteiger partial charge in [0.25, 0.3) is 0 Å². The summed E-state index contributed by atoms with van der Waals surface area (Å²) in [6, 6.07) is 7.13. The topological polar surface area (TPSA) is 44.5 Å². The second-order valence-electron chi connectivity index (χ2n) is 4.33. The Morgan fingerprint density at radius 3 is 2.59 bits per heavy atom. The van der Waals surface area contributed by atoms with Gasteiger partial charge in [0.15, 0.2) is 0 Å². The van der Waals surface area contributed by atoms with E-state index in [0.717, 1.165) is 5.75 Å². The molecule has 1 aromatic rings. The van der Waals surface area contributed by atoms with E-state index in [1.165, 1.54) is 0 Å². The highest BCUT2D eigenvalue weighted by Gasteiger charge is 2.15. The molecule has 2 unspecified atom stereocenters. The van der Waals surface area contributed by atoms with Gasteiger partial charge < -0.3 is 15.2 Å². The summed E-state index contributed by atoms with van der Waals surface area (Å²) in [7, 11) is 0. The van der Waals surface area contributed by atoms with Gasteiger partial charge in [-0.25, -0.2) is 0 Å². The molecule has 0 saturated heterocycles. The normalized spacial score (nSPS) is 14.7. The number of nitrogens with two attached hydrogens (primary N) is 1. The average Bonchev–Trinajstić information content (AvgIpc) is 2.25. The van der Waals surface area contributed by atoms with Gasteiger partial charge >= 0.3 is 0 Å².